The van der Waals surface area contributed by atoms with Crippen molar-refractivity contribution in [1.82, 2.24) is 10.2 Å². The smallest absolute Gasteiger partial charge is 0.142 e. The molecule has 0 aliphatic carbocycles. The predicted octanol–water partition coefficient (Wildman–Crippen LogP) is 2.97. The third-order valence-corrected chi connectivity index (χ3v) is 4.55. The van der Waals surface area contributed by atoms with E-state index in [2.05, 4.69) is 26.1 Å². The molecule has 1 aromatic carbocycles. The van der Waals surface area contributed by atoms with Crippen LogP contribution in [0.3, 0.4) is 0 Å². The Morgan fingerprint density at radius 1 is 1.38 bits per heavy atom. The number of hydrogen-bond acceptors (Lipinski definition) is 3. The Morgan fingerprint density at radius 2 is 2.00 bits per heavy atom. The summed E-state index contributed by atoms with van der Waals surface area (Å²) in [7, 11) is 0. The second kappa shape index (κ2) is 7.88. The predicted molar refractivity (Wildman–Crippen MR) is 89.4 cm³/mol. The van der Waals surface area contributed by atoms with E-state index in [0.29, 0.717) is 10.0 Å². The van der Waals surface area contributed by atoms with Gasteiger partial charge in [0.05, 0.1) is 4.47 Å². The lowest BCUT2D eigenvalue weighted by molar-refractivity contribution is 0.0286. The minimum absolute atomic E-state index is 0. The average Bonchev–Trinajstić information content (AvgIpc) is 2.45. The van der Waals surface area contributed by atoms with E-state index in [1.165, 1.54) is 0 Å². The van der Waals surface area contributed by atoms with Crippen LogP contribution in [-0.2, 0) is 0 Å². The summed E-state index contributed by atoms with van der Waals surface area (Å²) in [5, 5.41) is 13.0. The molecule has 0 unspecified atom stereocenters. The number of aliphatic hydroxyl groups excluding tert-OH is 1. The van der Waals surface area contributed by atoms with Crippen molar-refractivity contribution in [3.05, 3.63) is 34.1 Å². The molecule has 6 heteroatoms. The van der Waals surface area contributed by atoms with E-state index >= 15 is 0 Å². The van der Waals surface area contributed by atoms with Crippen molar-refractivity contribution >= 4 is 28.3 Å². The first kappa shape index (κ1) is 18.8. The summed E-state index contributed by atoms with van der Waals surface area (Å²) >= 11 is 3.26. The fourth-order valence-corrected chi connectivity index (χ4v) is 3.25. The van der Waals surface area contributed by atoms with E-state index in [9.17, 15) is 9.50 Å². The van der Waals surface area contributed by atoms with Gasteiger partial charge in [0.15, 0.2) is 0 Å². The molecule has 21 heavy (non-hydrogen) atoms. The second-order valence-corrected chi connectivity index (χ2v) is 6.83. The standard InChI is InChI=1S/C15H22BrFN2O.ClH/c1-15(2,10-20)14(19-8-6-18-7-9-19)11-4-3-5-12(16)13(11)17;/h3-5,14,18,20H,6-10H2,1-2H3;1H/t14-;/m1./s1. The summed E-state index contributed by atoms with van der Waals surface area (Å²) in [5.41, 5.74) is 0.249. The van der Waals surface area contributed by atoms with Crippen LogP contribution >= 0.6 is 28.3 Å². The average molecular weight is 382 g/mol. The van der Waals surface area contributed by atoms with Crippen LogP contribution in [0.2, 0.25) is 0 Å². The van der Waals surface area contributed by atoms with Gasteiger partial charge in [-0.2, -0.15) is 0 Å². The van der Waals surface area contributed by atoms with E-state index in [1.807, 2.05) is 26.0 Å². The molecule has 3 nitrogen and oxygen atoms in total. The Hall–Kier alpha value is -0.200. The normalized spacial score (nSPS) is 18.1. The highest BCUT2D eigenvalue weighted by molar-refractivity contribution is 9.10. The molecule has 0 radical (unpaired) electrons. The highest BCUT2D eigenvalue weighted by Crippen LogP contribution is 2.40. The number of benzene rings is 1. The van der Waals surface area contributed by atoms with Crippen molar-refractivity contribution in [1.29, 1.82) is 0 Å². The lowest BCUT2D eigenvalue weighted by atomic mass is 9.79. The van der Waals surface area contributed by atoms with Crippen LogP contribution in [-0.4, -0.2) is 42.8 Å². The number of nitrogens with one attached hydrogen (secondary N) is 1. The van der Waals surface area contributed by atoms with Gasteiger partial charge in [-0.15, -0.1) is 12.4 Å². The van der Waals surface area contributed by atoms with E-state index in [-0.39, 0.29) is 30.9 Å². The van der Waals surface area contributed by atoms with Gasteiger partial charge in [0.1, 0.15) is 5.82 Å². The van der Waals surface area contributed by atoms with Crippen LogP contribution in [0.15, 0.2) is 22.7 Å². The SMILES string of the molecule is CC(C)(CO)[C@@H](c1cccc(Br)c1F)N1CCNCC1.Cl. The first-order valence-electron chi connectivity index (χ1n) is 6.97. The van der Waals surface area contributed by atoms with Crippen molar-refractivity contribution < 1.29 is 9.50 Å². The van der Waals surface area contributed by atoms with Crippen LogP contribution in [0.25, 0.3) is 0 Å². The molecule has 1 aliphatic heterocycles. The summed E-state index contributed by atoms with van der Waals surface area (Å²) < 4.78 is 15.0. The van der Waals surface area contributed by atoms with Gasteiger partial charge in [0, 0.05) is 49.8 Å². The van der Waals surface area contributed by atoms with Crippen LogP contribution in [0.4, 0.5) is 4.39 Å². The van der Waals surface area contributed by atoms with Crippen LogP contribution in [0.5, 0.6) is 0 Å². The number of hydrogen-bond donors (Lipinski definition) is 2. The Bertz CT molecular complexity index is 467. The van der Waals surface area contributed by atoms with Crippen LogP contribution in [0, 0.1) is 11.2 Å². The highest BCUT2D eigenvalue weighted by atomic mass is 79.9. The van der Waals surface area contributed by atoms with Crippen molar-refractivity contribution in [2.45, 2.75) is 19.9 Å². The number of aliphatic hydroxyl groups is 1. The van der Waals surface area contributed by atoms with Crippen molar-refractivity contribution in [2.24, 2.45) is 5.41 Å². The molecular weight excluding hydrogens is 359 g/mol. The van der Waals surface area contributed by atoms with Gasteiger partial charge in [-0.1, -0.05) is 26.0 Å². The summed E-state index contributed by atoms with van der Waals surface area (Å²) in [6.07, 6.45) is 0. The van der Waals surface area contributed by atoms with Crippen molar-refractivity contribution in [3.63, 3.8) is 0 Å². The third-order valence-electron chi connectivity index (χ3n) is 3.94. The summed E-state index contributed by atoms with van der Waals surface area (Å²) in [6.45, 7) is 7.51. The molecule has 1 saturated heterocycles. The summed E-state index contributed by atoms with van der Waals surface area (Å²) in [5.74, 6) is -0.224. The van der Waals surface area contributed by atoms with Gasteiger partial charge in [-0.3, -0.25) is 4.90 Å². The van der Waals surface area contributed by atoms with Crippen molar-refractivity contribution in [2.75, 3.05) is 32.8 Å². The van der Waals surface area contributed by atoms with Gasteiger partial charge in [-0.25, -0.2) is 4.39 Å². The molecule has 0 amide bonds. The topological polar surface area (TPSA) is 35.5 Å². The number of halogens is 3. The zero-order valence-electron chi connectivity index (χ0n) is 12.4. The fraction of sp³-hybridized carbons (Fsp3) is 0.600. The lowest BCUT2D eigenvalue weighted by Gasteiger charge is -2.43. The maximum atomic E-state index is 14.5. The molecule has 0 aromatic heterocycles. The molecule has 0 bridgehead atoms. The monoisotopic (exact) mass is 380 g/mol. The van der Waals surface area contributed by atoms with Crippen LogP contribution < -0.4 is 5.32 Å². The molecule has 0 spiro atoms. The maximum absolute atomic E-state index is 14.5. The summed E-state index contributed by atoms with van der Waals surface area (Å²) in [6, 6.07) is 5.25. The third kappa shape index (κ3) is 4.17. The maximum Gasteiger partial charge on any atom is 0.142 e. The van der Waals surface area contributed by atoms with Gasteiger partial charge in [0.25, 0.3) is 0 Å². The highest BCUT2D eigenvalue weighted by Gasteiger charge is 2.37. The molecule has 1 aliphatic rings. The van der Waals surface area contributed by atoms with Gasteiger partial charge in [0.2, 0.25) is 0 Å². The zero-order chi connectivity index (χ0) is 14.8. The minimum Gasteiger partial charge on any atom is -0.396 e. The molecule has 0 saturated carbocycles. The molecule has 1 fully saturated rings. The first-order valence-corrected chi connectivity index (χ1v) is 7.76. The molecule has 2 N–H and O–H groups in total. The van der Waals surface area contributed by atoms with Gasteiger partial charge < -0.3 is 10.4 Å². The van der Waals surface area contributed by atoms with E-state index < -0.39 is 5.41 Å². The minimum atomic E-state index is -0.404. The molecule has 1 aromatic rings. The van der Waals surface area contributed by atoms with E-state index in [0.717, 1.165) is 26.2 Å². The molecule has 1 heterocycles. The lowest BCUT2D eigenvalue weighted by Crippen LogP contribution is -2.49. The second-order valence-electron chi connectivity index (χ2n) is 5.98. The number of piperazine rings is 1. The number of rotatable bonds is 4. The molecule has 120 valence electrons. The first-order chi connectivity index (χ1) is 9.47. The largest absolute Gasteiger partial charge is 0.396 e. The summed E-state index contributed by atoms with van der Waals surface area (Å²) in [4.78, 5) is 2.26. The molecular formula is C15H23BrClFN2O. The Balaban J connectivity index is 0.00000220. The quantitative estimate of drug-likeness (QED) is 0.842. The molecule has 2 rings (SSSR count). The fourth-order valence-electron chi connectivity index (χ4n) is 2.87. The zero-order valence-corrected chi connectivity index (χ0v) is 14.8. The Morgan fingerprint density at radius 3 is 2.57 bits per heavy atom. The van der Waals surface area contributed by atoms with Gasteiger partial charge >= 0.3 is 0 Å². The van der Waals surface area contributed by atoms with E-state index in [4.69, 9.17) is 0 Å². The molecule has 1 atom stereocenters. The Kier molecular flexibility index (Phi) is 7.07. The number of nitrogens with zero attached hydrogens (tertiary/aromatic N) is 1. The van der Waals surface area contributed by atoms with Crippen molar-refractivity contribution in [3.8, 4) is 0 Å². The Labute approximate surface area is 140 Å². The van der Waals surface area contributed by atoms with Crippen LogP contribution in [0.1, 0.15) is 25.5 Å². The van der Waals surface area contributed by atoms with Gasteiger partial charge in [-0.05, 0) is 22.0 Å². The van der Waals surface area contributed by atoms with E-state index in [1.54, 1.807) is 6.07 Å².